The molecule has 0 unspecified atom stereocenters. The second-order valence-electron chi connectivity index (χ2n) is 7.27. The second kappa shape index (κ2) is 10.3. The summed E-state index contributed by atoms with van der Waals surface area (Å²) in [6, 6.07) is 11.5. The quantitative estimate of drug-likeness (QED) is 0.468. The monoisotopic (exact) mass is 446 g/mol. The zero-order valence-electron chi connectivity index (χ0n) is 18.0. The minimum Gasteiger partial charge on any atom is -0.456 e. The van der Waals surface area contributed by atoms with Crippen molar-refractivity contribution in [3.05, 3.63) is 59.2 Å². The van der Waals surface area contributed by atoms with Crippen LogP contribution >= 0.6 is 0 Å². The van der Waals surface area contributed by atoms with Crippen molar-refractivity contribution < 1.29 is 27.5 Å². The third-order valence-electron chi connectivity index (χ3n) is 4.52. The molecule has 2 aromatic rings. The molecule has 0 saturated heterocycles. The molecule has 0 fully saturated rings. The molecule has 0 aliphatic rings. The summed E-state index contributed by atoms with van der Waals surface area (Å²) >= 11 is 0. The topological polar surface area (TPSA) is 110 Å². The SMILES string of the molecule is Cc1ccc(C(=O)CCC(=O)OCC(=O)Nc2ccc(C)c(S(=O)(=O)N(C)C)c2)cc1. The van der Waals surface area contributed by atoms with E-state index in [1.165, 1.54) is 20.2 Å². The summed E-state index contributed by atoms with van der Waals surface area (Å²) in [5, 5.41) is 2.51. The van der Waals surface area contributed by atoms with E-state index in [9.17, 15) is 22.8 Å². The van der Waals surface area contributed by atoms with E-state index in [4.69, 9.17) is 4.74 Å². The smallest absolute Gasteiger partial charge is 0.306 e. The van der Waals surface area contributed by atoms with Gasteiger partial charge in [-0.3, -0.25) is 14.4 Å². The van der Waals surface area contributed by atoms with Crippen molar-refractivity contribution >= 4 is 33.4 Å². The van der Waals surface area contributed by atoms with E-state index in [0.29, 0.717) is 11.1 Å². The first-order valence-corrected chi connectivity index (χ1v) is 11.0. The van der Waals surface area contributed by atoms with Gasteiger partial charge in [0.2, 0.25) is 10.0 Å². The molecule has 0 spiro atoms. The first kappa shape index (κ1) is 24.2. The van der Waals surface area contributed by atoms with E-state index >= 15 is 0 Å². The molecule has 166 valence electrons. The number of anilines is 1. The highest BCUT2D eigenvalue weighted by Crippen LogP contribution is 2.22. The molecule has 0 aromatic heterocycles. The maximum Gasteiger partial charge on any atom is 0.306 e. The Kier molecular flexibility index (Phi) is 8.07. The number of esters is 1. The number of hydrogen-bond donors (Lipinski definition) is 1. The average molecular weight is 447 g/mol. The first-order valence-electron chi connectivity index (χ1n) is 9.59. The number of ether oxygens (including phenoxy) is 1. The van der Waals surface area contributed by atoms with Crippen LogP contribution in [-0.4, -0.2) is 51.1 Å². The van der Waals surface area contributed by atoms with Gasteiger partial charge >= 0.3 is 5.97 Å². The van der Waals surface area contributed by atoms with Crippen molar-refractivity contribution in [1.29, 1.82) is 0 Å². The number of nitrogens with zero attached hydrogens (tertiary/aromatic N) is 1. The fourth-order valence-corrected chi connectivity index (χ4v) is 3.81. The number of aryl methyl sites for hydroxylation is 2. The minimum atomic E-state index is -3.67. The van der Waals surface area contributed by atoms with Gasteiger partial charge < -0.3 is 10.1 Å². The molecule has 0 atom stereocenters. The molecule has 8 nitrogen and oxygen atoms in total. The van der Waals surface area contributed by atoms with Crippen molar-refractivity contribution in [3.8, 4) is 0 Å². The molecule has 2 aromatic carbocycles. The lowest BCUT2D eigenvalue weighted by Crippen LogP contribution is -2.24. The number of carbonyl (C=O) groups is 3. The molecule has 1 N–H and O–H groups in total. The van der Waals surface area contributed by atoms with Crippen LogP contribution in [0.4, 0.5) is 5.69 Å². The van der Waals surface area contributed by atoms with E-state index in [1.807, 2.05) is 19.1 Å². The number of Topliss-reactive ketones (excluding diaryl/α,β-unsaturated/α-hetero) is 1. The lowest BCUT2D eigenvalue weighted by atomic mass is 10.1. The maximum atomic E-state index is 12.4. The molecule has 0 heterocycles. The molecular formula is C22H26N2O6S. The van der Waals surface area contributed by atoms with E-state index in [0.717, 1.165) is 9.87 Å². The Labute approximate surface area is 182 Å². The van der Waals surface area contributed by atoms with Crippen LogP contribution in [0.15, 0.2) is 47.4 Å². The van der Waals surface area contributed by atoms with Gasteiger partial charge in [-0.1, -0.05) is 35.9 Å². The summed E-state index contributed by atoms with van der Waals surface area (Å²) < 4.78 is 30.7. The standard InChI is InChI=1S/C22H26N2O6S/c1-15-5-8-17(9-6-15)19(25)11-12-22(27)30-14-21(26)23-18-10-7-16(2)20(13-18)31(28,29)24(3)4/h5-10,13H,11-12,14H2,1-4H3,(H,23,26). The van der Waals surface area contributed by atoms with Crippen LogP contribution in [0.2, 0.25) is 0 Å². The Morgan fingerprint density at radius 2 is 1.61 bits per heavy atom. The molecule has 0 aliphatic carbocycles. The lowest BCUT2D eigenvalue weighted by Gasteiger charge is -2.15. The van der Waals surface area contributed by atoms with Crippen molar-refractivity contribution in [3.63, 3.8) is 0 Å². The molecule has 0 bridgehead atoms. The Balaban J connectivity index is 1.87. The third kappa shape index (κ3) is 6.73. The summed E-state index contributed by atoms with van der Waals surface area (Å²) in [5.41, 5.74) is 2.35. The maximum absolute atomic E-state index is 12.4. The Hall–Kier alpha value is -3.04. The van der Waals surface area contributed by atoms with Gasteiger partial charge in [0.25, 0.3) is 5.91 Å². The predicted molar refractivity (Wildman–Crippen MR) is 116 cm³/mol. The van der Waals surface area contributed by atoms with Gasteiger partial charge in [-0.2, -0.15) is 0 Å². The van der Waals surface area contributed by atoms with Crippen LogP contribution in [-0.2, 0) is 24.3 Å². The zero-order valence-corrected chi connectivity index (χ0v) is 18.8. The predicted octanol–water partition coefficient (Wildman–Crippen LogP) is 2.70. The number of ketones is 1. The summed E-state index contributed by atoms with van der Waals surface area (Å²) in [7, 11) is -0.828. The summed E-state index contributed by atoms with van der Waals surface area (Å²) in [6.07, 6.45) is -0.164. The van der Waals surface area contributed by atoms with Crippen LogP contribution in [0.5, 0.6) is 0 Å². The normalized spacial score (nSPS) is 11.3. The molecule has 9 heteroatoms. The van der Waals surface area contributed by atoms with Gasteiger partial charge in [-0.15, -0.1) is 0 Å². The number of rotatable bonds is 9. The van der Waals surface area contributed by atoms with Gasteiger partial charge in [0.1, 0.15) is 0 Å². The molecule has 31 heavy (non-hydrogen) atoms. The zero-order chi connectivity index (χ0) is 23.2. The van der Waals surface area contributed by atoms with E-state index in [-0.39, 0.29) is 29.2 Å². The molecule has 2 rings (SSSR count). The largest absolute Gasteiger partial charge is 0.456 e. The number of hydrogen-bond acceptors (Lipinski definition) is 6. The molecule has 1 amide bonds. The number of sulfonamides is 1. The van der Waals surface area contributed by atoms with Gasteiger partial charge in [0, 0.05) is 31.8 Å². The van der Waals surface area contributed by atoms with Crippen molar-refractivity contribution in [2.24, 2.45) is 0 Å². The van der Waals surface area contributed by atoms with E-state index < -0.39 is 28.5 Å². The highest BCUT2D eigenvalue weighted by atomic mass is 32.2. The van der Waals surface area contributed by atoms with Gasteiger partial charge in [0.05, 0.1) is 11.3 Å². The summed E-state index contributed by atoms with van der Waals surface area (Å²) in [6.45, 7) is 3.03. The summed E-state index contributed by atoms with van der Waals surface area (Å²) in [4.78, 5) is 36.1. The molecule has 0 radical (unpaired) electrons. The first-order chi connectivity index (χ1) is 14.5. The number of nitrogens with one attached hydrogen (secondary N) is 1. The van der Waals surface area contributed by atoms with Gasteiger partial charge in [0.15, 0.2) is 12.4 Å². The second-order valence-corrected chi connectivity index (χ2v) is 9.39. The van der Waals surface area contributed by atoms with Crippen molar-refractivity contribution in [2.45, 2.75) is 31.6 Å². The fraction of sp³-hybridized carbons (Fsp3) is 0.318. The highest BCUT2D eigenvalue weighted by molar-refractivity contribution is 7.89. The Morgan fingerprint density at radius 3 is 2.23 bits per heavy atom. The van der Waals surface area contributed by atoms with Crippen LogP contribution in [0.1, 0.15) is 34.3 Å². The van der Waals surface area contributed by atoms with Gasteiger partial charge in [-0.05, 0) is 31.5 Å². The van der Waals surface area contributed by atoms with Gasteiger partial charge in [-0.25, -0.2) is 12.7 Å². The van der Waals surface area contributed by atoms with E-state index in [2.05, 4.69) is 5.32 Å². The molecular weight excluding hydrogens is 420 g/mol. The Morgan fingerprint density at radius 1 is 0.968 bits per heavy atom. The van der Waals surface area contributed by atoms with Crippen LogP contribution in [0.25, 0.3) is 0 Å². The number of amides is 1. The Bertz CT molecular complexity index is 1080. The molecule has 0 aliphatic heterocycles. The highest BCUT2D eigenvalue weighted by Gasteiger charge is 2.20. The number of carbonyl (C=O) groups excluding carboxylic acids is 3. The molecule has 0 saturated carbocycles. The van der Waals surface area contributed by atoms with Crippen LogP contribution in [0, 0.1) is 13.8 Å². The lowest BCUT2D eigenvalue weighted by molar-refractivity contribution is -0.147. The number of benzene rings is 2. The average Bonchev–Trinajstić information content (AvgIpc) is 2.72. The minimum absolute atomic E-state index is 0.0206. The van der Waals surface area contributed by atoms with Crippen LogP contribution in [0.3, 0.4) is 0 Å². The summed E-state index contributed by atoms with van der Waals surface area (Å²) in [5.74, 6) is -1.47. The third-order valence-corrected chi connectivity index (χ3v) is 6.48. The van der Waals surface area contributed by atoms with Crippen LogP contribution < -0.4 is 5.32 Å². The van der Waals surface area contributed by atoms with Crippen molar-refractivity contribution in [2.75, 3.05) is 26.0 Å². The van der Waals surface area contributed by atoms with Crippen molar-refractivity contribution in [1.82, 2.24) is 4.31 Å². The van der Waals surface area contributed by atoms with E-state index in [1.54, 1.807) is 31.2 Å². The fourth-order valence-electron chi connectivity index (χ4n) is 2.67.